The molecular formula is C17H16N2O4. The van der Waals surface area contributed by atoms with Crippen LogP contribution in [-0.4, -0.2) is 28.9 Å². The summed E-state index contributed by atoms with van der Waals surface area (Å²) in [4.78, 5) is 35.2. The van der Waals surface area contributed by atoms with Crippen LogP contribution in [0.1, 0.15) is 27.6 Å². The quantitative estimate of drug-likeness (QED) is 0.788. The summed E-state index contributed by atoms with van der Waals surface area (Å²) in [6.07, 6.45) is 0. The Morgan fingerprint density at radius 3 is 2.17 bits per heavy atom. The molecule has 0 unspecified atom stereocenters. The molecule has 0 spiro atoms. The van der Waals surface area contributed by atoms with Gasteiger partial charge in [-0.2, -0.15) is 0 Å². The monoisotopic (exact) mass is 312 g/mol. The number of hydrogen-bond donors (Lipinski definition) is 3. The van der Waals surface area contributed by atoms with E-state index in [-0.39, 0.29) is 11.5 Å². The van der Waals surface area contributed by atoms with E-state index < -0.39 is 17.9 Å². The summed E-state index contributed by atoms with van der Waals surface area (Å²) in [5.74, 6) is -2.05. The minimum atomic E-state index is -1.14. The zero-order valence-corrected chi connectivity index (χ0v) is 12.4. The van der Waals surface area contributed by atoms with Gasteiger partial charge in [-0.05, 0) is 31.2 Å². The zero-order chi connectivity index (χ0) is 16.8. The number of benzene rings is 2. The summed E-state index contributed by atoms with van der Waals surface area (Å²) in [6.45, 7) is 1.37. The highest BCUT2D eigenvalue weighted by atomic mass is 16.4. The first-order chi connectivity index (χ1) is 11.0. The number of amides is 2. The molecule has 0 radical (unpaired) electrons. The second-order valence-corrected chi connectivity index (χ2v) is 4.90. The number of rotatable bonds is 5. The van der Waals surface area contributed by atoms with Crippen molar-refractivity contribution in [3.05, 3.63) is 65.7 Å². The lowest BCUT2D eigenvalue weighted by atomic mass is 10.1. The van der Waals surface area contributed by atoms with Crippen LogP contribution in [0.5, 0.6) is 0 Å². The van der Waals surface area contributed by atoms with Gasteiger partial charge in [0, 0.05) is 5.56 Å². The molecule has 1 atom stereocenters. The molecule has 2 aromatic rings. The molecule has 2 amide bonds. The summed E-state index contributed by atoms with van der Waals surface area (Å²) < 4.78 is 0. The minimum Gasteiger partial charge on any atom is -0.480 e. The molecule has 0 aromatic heterocycles. The maximum Gasteiger partial charge on any atom is 0.325 e. The molecule has 23 heavy (non-hydrogen) atoms. The number of carboxylic acid groups (broad SMARTS) is 1. The molecule has 2 aromatic carbocycles. The molecule has 118 valence electrons. The van der Waals surface area contributed by atoms with E-state index in [1.807, 2.05) is 0 Å². The number of nitrogens with one attached hydrogen (secondary N) is 2. The molecule has 0 saturated carbocycles. The summed E-state index contributed by atoms with van der Waals surface area (Å²) in [5.41, 5.74) is 0.975. The molecule has 0 aliphatic heterocycles. The maximum absolute atomic E-state index is 12.2. The number of aliphatic carboxylic acids is 1. The van der Waals surface area contributed by atoms with Crippen molar-refractivity contribution in [2.24, 2.45) is 0 Å². The van der Waals surface area contributed by atoms with Gasteiger partial charge >= 0.3 is 5.97 Å². The van der Waals surface area contributed by atoms with Crippen LogP contribution in [0.15, 0.2) is 54.6 Å². The van der Waals surface area contributed by atoms with Gasteiger partial charge in [-0.15, -0.1) is 0 Å². The molecule has 6 heteroatoms. The van der Waals surface area contributed by atoms with Crippen LogP contribution in [0.4, 0.5) is 5.69 Å². The summed E-state index contributed by atoms with van der Waals surface area (Å²) in [7, 11) is 0. The lowest BCUT2D eigenvalue weighted by Crippen LogP contribution is -2.38. The first-order valence-corrected chi connectivity index (χ1v) is 6.98. The number of carboxylic acids is 1. The second-order valence-electron chi connectivity index (χ2n) is 4.90. The summed E-state index contributed by atoms with van der Waals surface area (Å²) >= 11 is 0. The fourth-order valence-corrected chi connectivity index (χ4v) is 1.91. The number of carbonyl (C=O) groups is 3. The molecule has 0 heterocycles. The van der Waals surface area contributed by atoms with E-state index in [2.05, 4.69) is 10.6 Å². The lowest BCUT2D eigenvalue weighted by Gasteiger charge is -2.13. The molecule has 2 rings (SSSR count). The standard InChI is InChI=1S/C17H16N2O4/c1-11(17(22)23)18-16(21)13-9-5-6-10-14(13)19-15(20)12-7-3-2-4-8-12/h2-11H,1H3,(H,18,21)(H,19,20)(H,22,23)/t11-/m0/s1. The van der Waals surface area contributed by atoms with Crippen LogP contribution in [-0.2, 0) is 4.79 Å². The summed E-state index contributed by atoms with van der Waals surface area (Å²) in [6, 6.07) is 14.0. The van der Waals surface area contributed by atoms with Gasteiger partial charge in [0.05, 0.1) is 11.3 Å². The zero-order valence-electron chi connectivity index (χ0n) is 12.4. The van der Waals surface area contributed by atoms with Crippen LogP contribution in [0, 0.1) is 0 Å². The summed E-state index contributed by atoms with van der Waals surface area (Å²) in [5, 5.41) is 13.9. The molecule has 0 saturated heterocycles. The Bertz CT molecular complexity index is 728. The van der Waals surface area contributed by atoms with Gasteiger partial charge in [-0.1, -0.05) is 30.3 Å². The van der Waals surface area contributed by atoms with Gasteiger partial charge in [0.25, 0.3) is 11.8 Å². The molecular weight excluding hydrogens is 296 g/mol. The third-order valence-electron chi connectivity index (χ3n) is 3.17. The van der Waals surface area contributed by atoms with Crippen LogP contribution in [0.2, 0.25) is 0 Å². The number of para-hydroxylation sites is 1. The number of carbonyl (C=O) groups excluding carboxylic acids is 2. The van der Waals surface area contributed by atoms with Crippen LogP contribution >= 0.6 is 0 Å². The van der Waals surface area contributed by atoms with Gasteiger partial charge in [0.1, 0.15) is 6.04 Å². The highest BCUT2D eigenvalue weighted by molar-refractivity contribution is 6.09. The third kappa shape index (κ3) is 4.16. The highest BCUT2D eigenvalue weighted by Crippen LogP contribution is 2.16. The van der Waals surface area contributed by atoms with Crippen molar-refractivity contribution >= 4 is 23.5 Å². The Labute approximate surface area is 133 Å². The van der Waals surface area contributed by atoms with E-state index in [0.717, 1.165) is 0 Å². The average Bonchev–Trinajstić information content (AvgIpc) is 2.55. The first kappa shape index (κ1) is 16.2. The number of hydrogen-bond acceptors (Lipinski definition) is 3. The van der Waals surface area contributed by atoms with Crippen LogP contribution in [0.25, 0.3) is 0 Å². The number of anilines is 1. The first-order valence-electron chi connectivity index (χ1n) is 6.98. The largest absolute Gasteiger partial charge is 0.480 e. The highest BCUT2D eigenvalue weighted by Gasteiger charge is 2.18. The molecule has 6 nitrogen and oxygen atoms in total. The van der Waals surface area contributed by atoms with Crippen molar-refractivity contribution in [3.63, 3.8) is 0 Å². The maximum atomic E-state index is 12.2. The molecule has 0 fully saturated rings. The van der Waals surface area contributed by atoms with Crippen LogP contribution < -0.4 is 10.6 Å². The molecule has 0 bridgehead atoms. The lowest BCUT2D eigenvalue weighted by molar-refractivity contribution is -0.138. The van der Waals surface area contributed by atoms with E-state index in [0.29, 0.717) is 11.3 Å². The smallest absolute Gasteiger partial charge is 0.325 e. The van der Waals surface area contributed by atoms with Crippen molar-refractivity contribution < 1.29 is 19.5 Å². The van der Waals surface area contributed by atoms with E-state index in [1.54, 1.807) is 48.5 Å². The fourth-order valence-electron chi connectivity index (χ4n) is 1.91. The van der Waals surface area contributed by atoms with Crippen molar-refractivity contribution in [3.8, 4) is 0 Å². The van der Waals surface area contributed by atoms with E-state index >= 15 is 0 Å². The minimum absolute atomic E-state index is 0.199. The van der Waals surface area contributed by atoms with Gasteiger partial charge in [0.15, 0.2) is 0 Å². The van der Waals surface area contributed by atoms with E-state index in [9.17, 15) is 14.4 Å². The van der Waals surface area contributed by atoms with Crippen LogP contribution in [0.3, 0.4) is 0 Å². The molecule has 3 N–H and O–H groups in total. The Kier molecular flexibility index (Phi) is 5.09. The van der Waals surface area contributed by atoms with E-state index in [1.165, 1.54) is 13.0 Å². The van der Waals surface area contributed by atoms with Crippen molar-refractivity contribution in [1.82, 2.24) is 5.32 Å². The van der Waals surface area contributed by atoms with Gasteiger partial charge in [0.2, 0.25) is 0 Å². The Morgan fingerprint density at radius 1 is 0.913 bits per heavy atom. The average molecular weight is 312 g/mol. The Hall–Kier alpha value is -3.15. The van der Waals surface area contributed by atoms with Gasteiger partial charge < -0.3 is 15.7 Å². The SMILES string of the molecule is C[C@H](NC(=O)c1ccccc1NC(=O)c1ccccc1)C(=O)O. The van der Waals surface area contributed by atoms with Gasteiger partial charge in [-0.25, -0.2) is 0 Å². The molecule has 0 aliphatic rings. The van der Waals surface area contributed by atoms with E-state index in [4.69, 9.17) is 5.11 Å². The fraction of sp³-hybridized carbons (Fsp3) is 0.118. The second kappa shape index (κ2) is 7.22. The van der Waals surface area contributed by atoms with Crippen molar-refractivity contribution in [1.29, 1.82) is 0 Å². The Balaban J connectivity index is 2.19. The van der Waals surface area contributed by atoms with Gasteiger partial charge in [-0.3, -0.25) is 14.4 Å². The third-order valence-corrected chi connectivity index (χ3v) is 3.17. The normalized spacial score (nSPS) is 11.3. The Morgan fingerprint density at radius 2 is 1.52 bits per heavy atom. The molecule has 0 aliphatic carbocycles. The predicted octanol–water partition coefficient (Wildman–Crippen LogP) is 2.14. The topological polar surface area (TPSA) is 95.5 Å². The van der Waals surface area contributed by atoms with Crippen molar-refractivity contribution in [2.45, 2.75) is 13.0 Å². The van der Waals surface area contributed by atoms with Crippen molar-refractivity contribution in [2.75, 3.05) is 5.32 Å². The predicted molar refractivity (Wildman–Crippen MR) is 85.4 cm³/mol.